The molecule has 1 saturated carbocycles. The molecule has 0 aromatic rings. The van der Waals surface area contributed by atoms with E-state index < -0.39 is 0 Å². The van der Waals surface area contributed by atoms with Crippen molar-refractivity contribution in [1.29, 1.82) is 0 Å². The second-order valence-corrected chi connectivity index (χ2v) is 4.09. The number of carbonyl (C=O) groups excluding carboxylic acids is 1. The molecule has 1 rings (SSSR count). The molecule has 1 fully saturated rings. The molecule has 0 bridgehead atoms. The van der Waals surface area contributed by atoms with Crippen LogP contribution in [0.15, 0.2) is 0 Å². The van der Waals surface area contributed by atoms with Gasteiger partial charge in [-0.15, -0.1) is 0 Å². The maximum Gasteiger partial charge on any atom is 0.235 e. The number of nitrogens with one attached hydrogen (secondary N) is 2. The molecule has 0 heterocycles. The smallest absolute Gasteiger partial charge is 0.235 e. The highest BCUT2D eigenvalue weighted by Gasteiger charge is 2.21. The zero-order chi connectivity index (χ0) is 10.4. The Kier molecular flexibility index (Phi) is 4.90. The summed E-state index contributed by atoms with van der Waals surface area (Å²) >= 11 is 0. The second-order valence-electron chi connectivity index (χ2n) is 4.09. The first kappa shape index (κ1) is 11.5. The molecule has 0 aromatic heterocycles. The summed E-state index contributed by atoms with van der Waals surface area (Å²) in [5.74, 6) is 0.409. The Morgan fingerprint density at radius 3 is 2.57 bits per heavy atom. The van der Waals surface area contributed by atoms with Gasteiger partial charge in [-0.1, -0.05) is 32.1 Å². The number of hydrazine groups is 1. The van der Waals surface area contributed by atoms with E-state index in [-0.39, 0.29) is 11.9 Å². The summed E-state index contributed by atoms with van der Waals surface area (Å²) in [5.41, 5.74) is 11.0. The third kappa shape index (κ3) is 3.64. The van der Waals surface area contributed by atoms with Crippen molar-refractivity contribution in [2.45, 2.75) is 44.6 Å². The molecule has 4 N–H and O–H groups in total. The summed E-state index contributed by atoms with van der Waals surface area (Å²) < 4.78 is 0. The molecular formula is C10H21N3O. The zero-order valence-corrected chi connectivity index (χ0v) is 8.88. The zero-order valence-electron chi connectivity index (χ0n) is 8.88. The SMILES string of the molecule is CNN[C@@H](CC1CCCCC1)C(N)=O. The van der Waals surface area contributed by atoms with Gasteiger partial charge in [0.25, 0.3) is 0 Å². The Balaban J connectivity index is 2.33. The van der Waals surface area contributed by atoms with Crippen molar-refractivity contribution < 1.29 is 4.79 Å². The van der Waals surface area contributed by atoms with Crippen LogP contribution in [0.25, 0.3) is 0 Å². The number of primary amides is 1. The van der Waals surface area contributed by atoms with Crippen LogP contribution in [-0.2, 0) is 4.79 Å². The van der Waals surface area contributed by atoms with E-state index in [0.29, 0.717) is 5.92 Å². The predicted molar refractivity (Wildman–Crippen MR) is 56.4 cm³/mol. The molecule has 14 heavy (non-hydrogen) atoms. The summed E-state index contributed by atoms with van der Waals surface area (Å²) in [4.78, 5) is 11.1. The van der Waals surface area contributed by atoms with Crippen molar-refractivity contribution in [2.24, 2.45) is 11.7 Å². The molecule has 0 spiro atoms. The minimum absolute atomic E-state index is 0.219. The van der Waals surface area contributed by atoms with Gasteiger partial charge < -0.3 is 5.73 Å². The molecule has 1 amide bonds. The minimum atomic E-state index is -0.259. The van der Waals surface area contributed by atoms with E-state index in [1.54, 1.807) is 7.05 Å². The third-order valence-electron chi connectivity index (χ3n) is 2.96. The molecular weight excluding hydrogens is 178 g/mol. The van der Waals surface area contributed by atoms with Gasteiger partial charge in [0.2, 0.25) is 5.91 Å². The number of rotatable bonds is 5. The van der Waals surface area contributed by atoms with Crippen LogP contribution in [0.1, 0.15) is 38.5 Å². The number of hydrogen-bond donors (Lipinski definition) is 3. The van der Waals surface area contributed by atoms with Gasteiger partial charge in [-0.25, -0.2) is 5.43 Å². The Morgan fingerprint density at radius 1 is 1.43 bits per heavy atom. The van der Waals surface area contributed by atoms with Crippen LogP contribution in [-0.4, -0.2) is 19.0 Å². The Labute approximate surface area is 85.6 Å². The van der Waals surface area contributed by atoms with Crippen LogP contribution in [0.5, 0.6) is 0 Å². The van der Waals surface area contributed by atoms with Crippen molar-refractivity contribution in [3.63, 3.8) is 0 Å². The van der Waals surface area contributed by atoms with E-state index in [9.17, 15) is 4.79 Å². The lowest BCUT2D eigenvalue weighted by Crippen LogP contribution is -2.47. The Hall–Kier alpha value is -0.610. The van der Waals surface area contributed by atoms with E-state index in [1.807, 2.05) is 0 Å². The average Bonchev–Trinajstić information content (AvgIpc) is 2.18. The Morgan fingerprint density at radius 2 is 2.07 bits per heavy atom. The van der Waals surface area contributed by atoms with Gasteiger partial charge in [0.15, 0.2) is 0 Å². The van der Waals surface area contributed by atoms with Crippen molar-refractivity contribution in [3.8, 4) is 0 Å². The van der Waals surface area contributed by atoms with Crippen molar-refractivity contribution in [3.05, 3.63) is 0 Å². The van der Waals surface area contributed by atoms with E-state index in [4.69, 9.17) is 5.73 Å². The van der Waals surface area contributed by atoms with Gasteiger partial charge in [0, 0.05) is 0 Å². The van der Waals surface area contributed by atoms with Gasteiger partial charge in [0.05, 0.1) is 6.04 Å². The molecule has 0 radical (unpaired) electrons. The summed E-state index contributed by atoms with van der Waals surface area (Å²) in [6.45, 7) is 0. The van der Waals surface area contributed by atoms with E-state index in [1.165, 1.54) is 32.1 Å². The van der Waals surface area contributed by atoms with Crippen LogP contribution in [0.3, 0.4) is 0 Å². The fourth-order valence-electron chi connectivity index (χ4n) is 2.18. The van der Waals surface area contributed by atoms with Crippen molar-refractivity contribution >= 4 is 5.91 Å². The van der Waals surface area contributed by atoms with Crippen LogP contribution in [0, 0.1) is 5.92 Å². The number of nitrogens with two attached hydrogens (primary N) is 1. The van der Waals surface area contributed by atoms with Crippen LogP contribution in [0.4, 0.5) is 0 Å². The van der Waals surface area contributed by atoms with Gasteiger partial charge in [-0.2, -0.15) is 0 Å². The molecule has 1 aliphatic carbocycles. The van der Waals surface area contributed by atoms with Gasteiger partial charge in [0.1, 0.15) is 0 Å². The van der Waals surface area contributed by atoms with Gasteiger partial charge in [-0.3, -0.25) is 10.2 Å². The maximum absolute atomic E-state index is 11.1. The standard InChI is InChI=1S/C10H21N3O/c1-12-13-9(10(11)14)7-8-5-3-2-4-6-8/h8-9,12-13H,2-7H2,1H3,(H2,11,14)/t9-/m0/s1. The Bertz CT molecular complexity index is 178. The molecule has 0 unspecified atom stereocenters. The van der Waals surface area contributed by atoms with Crippen molar-refractivity contribution in [1.82, 2.24) is 10.9 Å². The first-order valence-corrected chi connectivity index (χ1v) is 5.45. The first-order valence-electron chi connectivity index (χ1n) is 5.45. The molecule has 0 aliphatic heterocycles. The fourth-order valence-corrected chi connectivity index (χ4v) is 2.18. The highest BCUT2D eigenvalue weighted by atomic mass is 16.1. The van der Waals surface area contributed by atoms with E-state index in [0.717, 1.165) is 6.42 Å². The molecule has 4 nitrogen and oxygen atoms in total. The lowest BCUT2D eigenvalue weighted by Gasteiger charge is -2.25. The largest absolute Gasteiger partial charge is 0.368 e. The second kappa shape index (κ2) is 5.98. The van der Waals surface area contributed by atoms with Crippen LogP contribution < -0.4 is 16.6 Å². The molecule has 1 aliphatic rings. The minimum Gasteiger partial charge on any atom is -0.368 e. The van der Waals surface area contributed by atoms with Crippen LogP contribution >= 0.6 is 0 Å². The lowest BCUT2D eigenvalue weighted by atomic mass is 9.85. The predicted octanol–water partition coefficient (Wildman–Crippen LogP) is 0.535. The van der Waals surface area contributed by atoms with Crippen molar-refractivity contribution in [2.75, 3.05) is 7.05 Å². The molecule has 1 atom stereocenters. The molecule has 0 saturated heterocycles. The van der Waals surface area contributed by atoms with Gasteiger partial charge >= 0.3 is 0 Å². The molecule has 0 aromatic carbocycles. The molecule has 4 heteroatoms. The summed E-state index contributed by atoms with van der Waals surface area (Å²) in [6.07, 6.45) is 7.31. The highest BCUT2D eigenvalue weighted by molar-refractivity contribution is 5.79. The topological polar surface area (TPSA) is 67.2 Å². The fraction of sp³-hybridized carbons (Fsp3) is 0.900. The van der Waals surface area contributed by atoms with Crippen LogP contribution in [0.2, 0.25) is 0 Å². The summed E-state index contributed by atoms with van der Waals surface area (Å²) in [7, 11) is 1.76. The quantitative estimate of drug-likeness (QED) is 0.566. The van der Waals surface area contributed by atoms with E-state index in [2.05, 4.69) is 10.9 Å². The number of amides is 1. The number of hydrogen-bond acceptors (Lipinski definition) is 3. The lowest BCUT2D eigenvalue weighted by molar-refractivity contribution is -0.120. The normalized spacial score (nSPS) is 20.6. The monoisotopic (exact) mass is 199 g/mol. The summed E-state index contributed by atoms with van der Waals surface area (Å²) in [5, 5.41) is 0. The summed E-state index contributed by atoms with van der Waals surface area (Å²) in [6, 6.07) is -0.219. The third-order valence-corrected chi connectivity index (χ3v) is 2.96. The molecule has 82 valence electrons. The van der Waals surface area contributed by atoms with E-state index >= 15 is 0 Å². The van der Waals surface area contributed by atoms with Gasteiger partial charge in [-0.05, 0) is 19.4 Å². The maximum atomic E-state index is 11.1. The highest BCUT2D eigenvalue weighted by Crippen LogP contribution is 2.27. The number of carbonyl (C=O) groups is 1. The average molecular weight is 199 g/mol. The first-order chi connectivity index (χ1) is 6.74.